The van der Waals surface area contributed by atoms with Gasteiger partial charge in [-0.1, -0.05) is 44.5 Å². The SMILES string of the molecule is Cc1ccc(C)c(CN2CCN(CC(C)(C)C)[C@H](CCO)C2)c1. The van der Waals surface area contributed by atoms with Crippen LogP contribution in [0.1, 0.15) is 43.9 Å². The van der Waals surface area contributed by atoms with Crippen molar-refractivity contribution in [1.82, 2.24) is 9.80 Å². The van der Waals surface area contributed by atoms with Crippen molar-refractivity contribution in [3.8, 4) is 0 Å². The lowest BCUT2D eigenvalue weighted by atomic mass is 9.94. The van der Waals surface area contributed by atoms with Gasteiger partial charge in [0.2, 0.25) is 0 Å². The Bertz CT molecular complexity index is 507. The molecule has 1 aromatic carbocycles. The first-order valence-corrected chi connectivity index (χ1v) is 8.92. The Balaban J connectivity index is 2.02. The molecule has 1 saturated heterocycles. The first-order valence-electron chi connectivity index (χ1n) is 8.92. The third-order valence-electron chi connectivity index (χ3n) is 4.73. The zero-order chi connectivity index (χ0) is 17.0. The molecule has 1 aliphatic heterocycles. The van der Waals surface area contributed by atoms with E-state index >= 15 is 0 Å². The molecule has 0 bridgehead atoms. The van der Waals surface area contributed by atoms with Crippen LogP contribution in [0, 0.1) is 19.3 Å². The number of nitrogens with zero attached hydrogens (tertiary/aromatic N) is 2. The van der Waals surface area contributed by atoms with Crippen LogP contribution in [-0.4, -0.2) is 53.7 Å². The molecule has 0 amide bonds. The van der Waals surface area contributed by atoms with E-state index in [1.54, 1.807) is 0 Å². The maximum atomic E-state index is 9.45. The van der Waals surface area contributed by atoms with Gasteiger partial charge in [-0.25, -0.2) is 0 Å². The highest BCUT2D eigenvalue weighted by atomic mass is 16.3. The van der Waals surface area contributed by atoms with Crippen molar-refractivity contribution in [3.05, 3.63) is 34.9 Å². The van der Waals surface area contributed by atoms with Crippen LogP contribution in [0.2, 0.25) is 0 Å². The van der Waals surface area contributed by atoms with Gasteiger partial charge >= 0.3 is 0 Å². The van der Waals surface area contributed by atoms with Crippen molar-refractivity contribution >= 4 is 0 Å². The van der Waals surface area contributed by atoms with Crippen molar-refractivity contribution in [3.63, 3.8) is 0 Å². The van der Waals surface area contributed by atoms with Crippen molar-refractivity contribution in [2.24, 2.45) is 5.41 Å². The Labute approximate surface area is 142 Å². The van der Waals surface area contributed by atoms with Crippen LogP contribution in [0.25, 0.3) is 0 Å². The second-order valence-electron chi connectivity index (χ2n) is 8.36. The van der Waals surface area contributed by atoms with Crippen LogP contribution >= 0.6 is 0 Å². The van der Waals surface area contributed by atoms with E-state index in [-0.39, 0.29) is 6.61 Å². The normalized spacial score (nSPS) is 20.9. The third-order valence-corrected chi connectivity index (χ3v) is 4.73. The number of rotatable bonds is 5. The van der Waals surface area contributed by atoms with Gasteiger partial charge in [-0.3, -0.25) is 9.80 Å². The number of hydrogen-bond donors (Lipinski definition) is 1. The minimum absolute atomic E-state index is 0.280. The van der Waals surface area contributed by atoms with Gasteiger partial charge in [0.25, 0.3) is 0 Å². The van der Waals surface area contributed by atoms with Gasteiger partial charge < -0.3 is 5.11 Å². The van der Waals surface area contributed by atoms with Gasteiger partial charge in [-0.2, -0.15) is 0 Å². The first kappa shape index (κ1) is 18.4. The van der Waals surface area contributed by atoms with Crippen molar-refractivity contribution in [2.45, 2.75) is 53.6 Å². The van der Waals surface area contributed by atoms with Gasteiger partial charge in [-0.05, 0) is 36.8 Å². The lowest BCUT2D eigenvalue weighted by molar-refractivity contribution is 0.0339. The topological polar surface area (TPSA) is 26.7 Å². The van der Waals surface area contributed by atoms with E-state index in [1.807, 2.05) is 0 Å². The highest BCUT2D eigenvalue weighted by Crippen LogP contribution is 2.22. The molecule has 1 N–H and O–H groups in total. The lowest BCUT2D eigenvalue weighted by Gasteiger charge is -2.44. The molecule has 0 spiro atoms. The highest BCUT2D eigenvalue weighted by molar-refractivity contribution is 5.30. The predicted octanol–water partition coefficient (Wildman–Crippen LogP) is 3.22. The molecule has 0 unspecified atom stereocenters. The summed E-state index contributed by atoms with van der Waals surface area (Å²) in [5, 5.41) is 9.45. The Morgan fingerprint density at radius 1 is 1.17 bits per heavy atom. The largest absolute Gasteiger partial charge is 0.396 e. The summed E-state index contributed by atoms with van der Waals surface area (Å²) in [4.78, 5) is 5.14. The average Bonchev–Trinajstić information content (AvgIpc) is 2.44. The minimum Gasteiger partial charge on any atom is -0.396 e. The monoisotopic (exact) mass is 318 g/mol. The molecule has 0 aromatic heterocycles. The van der Waals surface area contributed by atoms with E-state index in [0.29, 0.717) is 11.5 Å². The molecule has 3 heteroatoms. The second-order valence-corrected chi connectivity index (χ2v) is 8.36. The Kier molecular flexibility index (Phi) is 6.24. The number of aryl methyl sites for hydroxylation is 2. The summed E-state index contributed by atoms with van der Waals surface area (Å²) >= 11 is 0. The maximum Gasteiger partial charge on any atom is 0.0446 e. The Morgan fingerprint density at radius 2 is 1.91 bits per heavy atom. The van der Waals surface area contributed by atoms with Crippen LogP contribution in [0.5, 0.6) is 0 Å². The van der Waals surface area contributed by atoms with Gasteiger partial charge in [0.15, 0.2) is 0 Å². The maximum absolute atomic E-state index is 9.45. The number of hydrogen-bond acceptors (Lipinski definition) is 3. The number of aliphatic hydroxyl groups is 1. The van der Waals surface area contributed by atoms with Crippen LogP contribution < -0.4 is 0 Å². The van der Waals surface area contributed by atoms with Gasteiger partial charge in [0, 0.05) is 45.4 Å². The summed E-state index contributed by atoms with van der Waals surface area (Å²) < 4.78 is 0. The molecule has 2 rings (SSSR count). The molecular formula is C20H34N2O. The summed E-state index contributed by atoms with van der Waals surface area (Å²) in [6, 6.07) is 7.20. The van der Waals surface area contributed by atoms with Crippen LogP contribution in [-0.2, 0) is 6.54 Å². The van der Waals surface area contributed by atoms with E-state index in [4.69, 9.17) is 0 Å². The van der Waals surface area contributed by atoms with E-state index in [2.05, 4.69) is 62.6 Å². The molecule has 130 valence electrons. The van der Waals surface area contributed by atoms with Crippen LogP contribution in [0.15, 0.2) is 18.2 Å². The predicted molar refractivity (Wildman–Crippen MR) is 97.7 cm³/mol. The molecule has 1 fully saturated rings. The zero-order valence-electron chi connectivity index (χ0n) is 15.6. The summed E-state index contributed by atoms with van der Waals surface area (Å²) in [6.45, 7) is 17.0. The van der Waals surface area contributed by atoms with E-state index in [0.717, 1.165) is 39.1 Å². The number of benzene rings is 1. The van der Waals surface area contributed by atoms with Gasteiger partial charge in [-0.15, -0.1) is 0 Å². The van der Waals surface area contributed by atoms with Gasteiger partial charge in [0.05, 0.1) is 0 Å². The van der Waals surface area contributed by atoms with Crippen LogP contribution in [0.3, 0.4) is 0 Å². The second kappa shape index (κ2) is 7.78. The fourth-order valence-electron chi connectivity index (χ4n) is 3.55. The zero-order valence-corrected chi connectivity index (χ0v) is 15.6. The standard InChI is InChI=1S/C20H34N2O/c1-16-6-7-17(2)18(12-16)13-21-9-10-22(15-20(3,4)5)19(14-21)8-11-23/h6-7,12,19,23H,8-11,13-15H2,1-5H3/t19-/m1/s1. The van der Waals surface area contributed by atoms with E-state index in [1.165, 1.54) is 16.7 Å². The molecular weight excluding hydrogens is 284 g/mol. The van der Waals surface area contributed by atoms with E-state index in [9.17, 15) is 5.11 Å². The molecule has 1 aliphatic rings. The highest BCUT2D eigenvalue weighted by Gasteiger charge is 2.29. The molecule has 0 saturated carbocycles. The quantitative estimate of drug-likeness (QED) is 0.903. The first-order chi connectivity index (χ1) is 10.8. The molecule has 23 heavy (non-hydrogen) atoms. The average molecular weight is 319 g/mol. The van der Waals surface area contributed by atoms with Crippen molar-refractivity contribution in [2.75, 3.05) is 32.8 Å². The van der Waals surface area contributed by atoms with E-state index < -0.39 is 0 Å². The molecule has 3 nitrogen and oxygen atoms in total. The Morgan fingerprint density at radius 3 is 2.57 bits per heavy atom. The third kappa shape index (κ3) is 5.59. The minimum atomic E-state index is 0.280. The fraction of sp³-hybridized carbons (Fsp3) is 0.700. The summed E-state index contributed by atoms with van der Waals surface area (Å²) in [5.74, 6) is 0. The summed E-state index contributed by atoms with van der Waals surface area (Å²) in [7, 11) is 0. The molecule has 0 radical (unpaired) electrons. The molecule has 1 aromatic rings. The summed E-state index contributed by atoms with van der Waals surface area (Å²) in [5.41, 5.74) is 4.47. The number of piperazine rings is 1. The summed E-state index contributed by atoms with van der Waals surface area (Å²) in [6.07, 6.45) is 0.874. The smallest absolute Gasteiger partial charge is 0.0446 e. The Hall–Kier alpha value is -0.900. The lowest BCUT2D eigenvalue weighted by Crippen LogP contribution is -2.54. The van der Waals surface area contributed by atoms with Gasteiger partial charge in [0.1, 0.15) is 0 Å². The van der Waals surface area contributed by atoms with Crippen LogP contribution in [0.4, 0.5) is 0 Å². The van der Waals surface area contributed by atoms with Crippen molar-refractivity contribution in [1.29, 1.82) is 0 Å². The molecule has 1 heterocycles. The fourth-order valence-corrected chi connectivity index (χ4v) is 3.55. The molecule has 1 atom stereocenters. The number of aliphatic hydroxyl groups excluding tert-OH is 1. The molecule has 0 aliphatic carbocycles. The van der Waals surface area contributed by atoms with Crippen molar-refractivity contribution < 1.29 is 5.11 Å².